The number of nitrogens with zero attached hydrogens (tertiary/aromatic N) is 1. The average molecular weight is 323 g/mol. The molecule has 1 amide bonds. The van der Waals surface area contributed by atoms with Gasteiger partial charge in [-0.15, -0.1) is 0 Å². The normalized spacial score (nSPS) is 15.8. The summed E-state index contributed by atoms with van der Waals surface area (Å²) in [7, 11) is 1.62. The summed E-state index contributed by atoms with van der Waals surface area (Å²) in [5, 5.41) is 11.0. The average Bonchev–Trinajstić information content (AvgIpc) is 2.76. The van der Waals surface area contributed by atoms with Crippen LogP contribution >= 0.6 is 0 Å². The Kier molecular flexibility index (Phi) is 4.51. The molecule has 0 aliphatic carbocycles. The van der Waals surface area contributed by atoms with Gasteiger partial charge in [0.25, 0.3) is 6.02 Å². The van der Waals surface area contributed by atoms with Gasteiger partial charge in [-0.25, -0.2) is 0 Å². The second kappa shape index (κ2) is 6.74. The van der Waals surface area contributed by atoms with Crippen LogP contribution in [-0.4, -0.2) is 30.5 Å². The van der Waals surface area contributed by atoms with Gasteiger partial charge in [0.1, 0.15) is 6.04 Å². The SMILES string of the molecule is CCOC(=N)N1Cc2ccccc2-c2ccccc2C1C(=O)NC. The maximum Gasteiger partial charge on any atom is 0.285 e. The summed E-state index contributed by atoms with van der Waals surface area (Å²) in [6, 6.07) is 15.3. The maximum absolute atomic E-state index is 12.6. The molecule has 0 spiro atoms. The zero-order chi connectivity index (χ0) is 17.1. The van der Waals surface area contributed by atoms with E-state index in [1.165, 1.54) is 0 Å². The van der Waals surface area contributed by atoms with E-state index in [-0.39, 0.29) is 11.9 Å². The zero-order valence-electron chi connectivity index (χ0n) is 13.9. The number of fused-ring (bicyclic) bond motifs is 3. The second-order valence-electron chi connectivity index (χ2n) is 5.63. The van der Waals surface area contributed by atoms with Crippen molar-refractivity contribution in [3.05, 3.63) is 59.7 Å². The molecule has 0 aromatic heterocycles. The minimum Gasteiger partial charge on any atom is -0.466 e. The number of benzene rings is 2. The third kappa shape index (κ3) is 2.73. The standard InChI is InChI=1S/C19H21N3O2/c1-3-24-19(20)22-12-13-8-4-5-9-14(13)15-10-6-7-11-16(15)17(22)18(23)21-2/h4-11,17,20H,3,12H2,1-2H3,(H,21,23). The molecule has 5 nitrogen and oxygen atoms in total. The van der Waals surface area contributed by atoms with Crippen molar-refractivity contribution >= 4 is 11.9 Å². The van der Waals surface area contributed by atoms with Crippen LogP contribution in [0.5, 0.6) is 0 Å². The first-order chi connectivity index (χ1) is 11.7. The first-order valence-corrected chi connectivity index (χ1v) is 8.04. The molecule has 1 heterocycles. The quantitative estimate of drug-likeness (QED) is 0.660. The van der Waals surface area contributed by atoms with Crippen molar-refractivity contribution in [3.8, 4) is 11.1 Å². The predicted octanol–water partition coefficient (Wildman–Crippen LogP) is 2.93. The number of rotatable bonds is 2. The van der Waals surface area contributed by atoms with Gasteiger partial charge in [0, 0.05) is 13.6 Å². The van der Waals surface area contributed by atoms with E-state index >= 15 is 0 Å². The topological polar surface area (TPSA) is 65.4 Å². The molecule has 1 atom stereocenters. The van der Waals surface area contributed by atoms with Gasteiger partial charge < -0.3 is 15.0 Å². The number of ether oxygens (including phenoxy) is 1. The van der Waals surface area contributed by atoms with E-state index < -0.39 is 6.04 Å². The summed E-state index contributed by atoms with van der Waals surface area (Å²) in [5.74, 6) is -0.153. The van der Waals surface area contributed by atoms with E-state index in [4.69, 9.17) is 10.1 Å². The molecule has 0 radical (unpaired) electrons. The minimum atomic E-state index is -0.599. The third-order valence-electron chi connectivity index (χ3n) is 4.25. The summed E-state index contributed by atoms with van der Waals surface area (Å²) >= 11 is 0. The van der Waals surface area contributed by atoms with Gasteiger partial charge in [0.2, 0.25) is 5.91 Å². The van der Waals surface area contributed by atoms with E-state index in [0.717, 1.165) is 22.3 Å². The molecule has 0 bridgehead atoms. The van der Waals surface area contributed by atoms with Crippen molar-refractivity contribution in [2.24, 2.45) is 0 Å². The largest absolute Gasteiger partial charge is 0.466 e. The molecule has 2 N–H and O–H groups in total. The number of amidine groups is 1. The van der Waals surface area contributed by atoms with Crippen molar-refractivity contribution in [1.82, 2.24) is 10.2 Å². The van der Waals surface area contributed by atoms with Crippen molar-refractivity contribution in [1.29, 1.82) is 5.41 Å². The van der Waals surface area contributed by atoms with Gasteiger partial charge >= 0.3 is 0 Å². The summed E-state index contributed by atoms with van der Waals surface area (Å²) in [6.07, 6.45) is 0. The van der Waals surface area contributed by atoms with Gasteiger partial charge in [0.15, 0.2) is 0 Å². The Morgan fingerprint density at radius 2 is 1.88 bits per heavy atom. The Balaban J connectivity index is 2.22. The Morgan fingerprint density at radius 1 is 1.21 bits per heavy atom. The van der Waals surface area contributed by atoms with Crippen molar-refractivity contribution < 1.29 is 9.53 Å². The Labute approximate surface area is 141 Å². The lowest BCUT2D eigenvalue weighted by Crippen LogP contribution is -2.42. The van der Waals surface area contributed by atoms with Crippen LogP contribution in [0, 0.1) is 5.41 Å². The maximum atomic E-state index is 12.6. The highest BCUT2D eigenvalue weighted by atomic mass is 16.5. The summed E-state index contributed by atoms with van der Waals surface area (Å²) in [4.78, 5) is 14.4. The van der Waals surface area contributed by atoms with Crippen molar-refractivity contribution in [2.45, 2.75) is 19.5 Å². The number of nitrogens with one attached hydrogen (secondary N) is 2. The van der Waals surface area contributed by atoms with E-state index in [1.54, 1.807) is 11.9 Å². The lowest BCUT2D eigenvalue weighted by molar-refractivity contribution is -0.125. The number of carbonyl (C=O) groups excluding carboxylic acids is 1. The fourth-order valence-corrected chi connectivity index (χ4v) is 3.17. The predicted molar refractivity (Wildman–Crippen MR) is 93.6 cm³/mol. The first kappa shape index (κ1) is 16.1. The fourth-order valence-electron chi connectivity index (χ4n) is 3.17. The minimum absolute atomic E-state index is 0.0117. The molecule has 1 unspecified atom stereocenters. The molecule has 2 aromatic carbocycles. The second-order valence-corrected chi connectivity index (χ2v) is 5.63. The highest BCUT2D eigenvalue weighted by Crippen LogP contribution is 2.38. The highest BCUT2D eigenvalue weighted by molar-refractivity contribution is 5.91. The molecule has 1 aliphatic heterocycles. The van der Waals surface area contributed by atoms with Crippen LogP contribution in [0.1, 0.15) is 24.1 Å². The molecule has 1 aliphatic rings. The zero-order valence-corrected chi connectivity index (χ0v) is 13.9. The van der Waals surface area contributed by atoms with Crippen LogP contribution < -0.4 is 5.32 Å². The summed E-state index contributed by atoms with van der Waals surface area (Å²) < 4.78 is 5.42. The number of hydrogen-bond donors (Lipinski definition) is 2. The number of likely N-dealkylation sites (N-methyl/N-ethyl adjacent to an activating group) is 1. The Hall–Kier alpha value is -2.82. The van der Waals surface area contributed by atoms with Crippen LogP contribution in [-0.2, 0) is 16.1 Å². The number of carbonyl (C=O) groups is 1. The van der Waals surface area contributed by atoms with Crippen molar-refractivity contribution in [3.63, 3.8) is 0 Å². The monoisotopic (exact) mass is 323 g/mol. The Morgan fingerprint density at radius 3 is 2.58 bits per heavy atom. The number of amides is 1. The molecule has 0 fully saturated rings. The number of hydrogen-bond acceptors (Lipinski definition) is 3. The smallest absolute Gasteiger partial charge is 0.285 e. The molecular formula is C19H21N3O2. The van der Waals surface area contributed by atoms with Crippen LogP contribution in [0.15, 0.2) is 48.5 Å². The molecular weight excluding hydrogens is 302 g/mol. The molecule has 5 heteroatoms. The molecule has 124 valence electrons. The van der Waals surface area contributed by atoms with E-state index in [2.05, 4.69) is 11.4 Å². The molecule has 2 aromatic rings. The highest BCUT2D eigenvalue weighted by Gasteiger charge is 2.34. The van der Waals surface area contributed by atoms with Gasteiger partial charge in [0.05, 0.1) is 6.61 Å². The van der Waals surface area contributed by atoms with Gasteiger partial charge in [-0.05, 0) is 29.2 Å². The summed E-state index contributed by atoms with van der Waals surface area (Å²) in [6.45, 7) is 2.67. The van der Waals surface area contributed by atoms with Gasteiger partial charge in [-0.2, -0.15) is 0 Å². The molecule has 0 saturated carbocycles. The van der Waals surface area contributed by atoms with Gasteiger partial charge in [-0.1, -0.05) is 48.5 Å². The molecule has 0 saturated heterocycles. The van der Waals surface area contributed by atoms with Crippen LogP contribution in [0.4, 0.5) is 0 Å². The van der Waals surface area contributed by atoms with Crippen LogP contribution in [0.25, 0.3) is 11.1 Å². The van der Waals surface area contributed by atoms with E-state index in [1.807, 2.05) is 49.4 Å². The first-order valence-electron chi connectivity index (χ1n) is 8.04. The Bertz CT molecular complexity index is 773. The van der Waals surface area contributed by atoms with Crippen molar-refractivity contribution in [2.75, 3.05) is 13.7 Å². The molecule has 3 rings (SSSR count). The van der Waals surface area contributed by atoms with E-state index in [0.29, 0.717) is 13.2 Å². The van der Waals surface area contributed by atoms with Gasteiger partial charge in [-0.3, -0.25) is 10.2 Å². The van der Waals surface area contributed by atoms with E-state index in [9.17, 15) is 4.79 Å². The lowest BCUT2D eigenvalue weighted by atomic mass is 9.94. The summed E-state index contributed by atoms with van der Waals surface area (Å²) in [5.41, 5.74) is 4.06. The lowest BCUT2D eigenvalue weighted by Gasteiger charge is -2.30. The molecule has 24 heavy (non-hydrogen) atoms. The fraction of sp³-hybridized carbons (Fsp3) is 0.263. The third-order valence-corrected chi connectivity index (χ3v) is 4.25. The van der Waals surface area contributed by atoms with Crippen LogP contribution in [0.2, 0.25) is 0 Å². The van der Waals surface area contributed by atoms with Crippen LogP contribution in [0.3, 0.4) is 0 Å².